The van der Waals surface area contributed by atoms with Gasteiger partial charge in [0.1, 0.15) is 5.82 Å². The summed E-state index contributed by atoms with van der Waals surface area (Å²) >= 11 is 1.58. The van der Waals surface area contributed by atoms with Crippen LogP contribution in [0.5, 0.6) is 0 Å². The van der Waals surface area contributed by atoms with Gasteiger partial charge in [-0.2, -0.15) is 0 Å². The van der Waals surface area contributed by atoms with Crippen molar-refractivity contribution in [1.82, 2.24) is 9.88 Å². The van der Waals surface area contributed by atoms with Gasteiger partial charge in [-0.3, -0.25) is 0 Å². The summed E-state index contributed by atoms with van der Waals surface area (Å²) in [7, 11) is 4.13. The molecule has 0 bridgehead atoms. The van der Waals surface area contributed by atoms with Crippen molar-refractivity contribution in [3.63, 3.8) is 0 Å². The molecule has 0 spiro atoms. The third kappa shape index (κ3) is 4.29. The standard InChI is InChI=1S/C14H18FN3S/c1-18(2)9-3-8-16-14-17-13(10-19-14)11-4-6-12(15)7-5-11/h4-7,10H,3,8-9H2,1-2H3,(H,16,17). The quantitative estimate of drug-likeness (QED) is 0.822. The van der Waals surface area contributed by atoms with E-state index in [4.69, 9.17) is 0 Å². The largest absolute Gasteiger partial charge is 0.361 e. The fourth-order valence-corrected chi connectivity index (χ4v) is 2.45. The molecule has 0 saturated heterocycles. The first-order valence-electron chi connectivity index (χ1n) is 6.25. The molecule has 0 radical (unpaired) electrons. The highest BCUT2D eigenvalue weighted by Gasteiger charge is 2.04. The van der Waals surface area contributed by atoms with Crippen LogP contribution in [0.1, 0.15) is 6.42 Å². The van der Waals surface area contributed by atoms with Crippen molar-refractivity contribution >= 4 is 16.5 Å². The van der Waals surface area contributed by atoms with E-state index < -0.39 is 0 Å². The molecule has 1 heterocycles. The summed E-state index contributed by atoms with van der Waals surface area (Å²) in [5.74, 6) is -0.221. The summed E-state index contributed by atoms with van der Waals surface area (Å²) < 4.78 is 12.8. The number of rotatable bonds is 6. The number of halogens is 1. The Kier molecular flexibility index (Phi) is 4.87. The van der Waals surface area contributed by atoms with Gasteiger partial charge in [0.25, 0.3) is 0 Å². The minimum absolute atomic E-state index is 0.221. The molecule has 0 saturated carbocycles. The molecule has 1 N–H and O–H groups in total. The van der Waals surface area contributed by atoms with E-state index in [1.54, 1.807) is 23.5 Å². The first-order chi connectivity index (χ1) is 9.15. The molecule has 5 heteroatoms. The minimum Gasteiger partial charge on any atom is -0.361 e. The van der Waals surface area contributed by atoms with Crippen LogP contribution in [0.3, 0.4) is 0 Å². The molecule has 19 heavy (non-hydrogen) atoms. The SMILES string of the molecule is CN(C)CCCNc1nc(-c2ccc(F)cc2)cs1. The molecule has 2 rings (SSSR count). The maximum Gasteiger partial charge on any atom is 0.183 e. The third-order valence-electron chi connectivity index (χ3n) is 2.70. The molecule has 2 aromatic rings. The number of hydrogen-bond acceptors (Lipinski definition) is 4. The summed E-state index contributed by atoms with van der Waals surface area (Å²) in [5.41, 5.74) is 1.83. The van der Waals surface area contributed by atoms with E-state index in [0.29, 0.717) is 0 Å². The average molecular weight is 279 g/mol. The summed E-state index contributed by atoms with van der Waals surface area (Å²) in [6, 6.07) is 6.41. The number of anilines is 1. The summed E-state index contributed by atoms with van der Waals surface area (Å²) in [4.78, 5) is 6.66. The van der Waals surface area contributed by atoms with Crippen molar-refractivity contribution in [2.24, 2.45) is 0 Å². The van der Waals surface area contributed by atoms with Gasteiger partial charge in [-0.1, -0.05) is 0 Å². The van der Waals surface area contributed by atoms with Gasteiger partial charge in [0.05, 0.1) is 5.69 Å². The second kappa shape index (κ2) is 6.63. The predicted molar refractivity (Wildman–Crippen MR) is 79.2 cm³/mol. The fraction of sp³-hybridized carbons (Fsp3) is 0.357. The lowest BCUT2D eigenvalue weighted by Gasteiger charge is -2.08. The number of hydrogen-bond donors (Lipinski definition) is 1. The second-order valence-electron chi connectivity index (χ2n) is 4.63. The van der Waals surface area contributed by atoms with E-state index in [1.165, 1.54) is 12.1 Å². The minimum atomic E-state index is -0.221. The van der Waals surface area contributed by atoms with Gasteiger partial charge >= 0.3 is 0 Å². The lowest BCUT2D eigenvalue weighted by Crippen LogP contribution is -2.16. The number of nitrogens with zero attached hydrogens (tertiary/aromatic N) is 2. The van der Waals surface area contributed by atoms with Gasteiger partial charge in [-0.25, -0.2) is 9.37 Å². The highest BCUT2D eigenvalue weighted by Crippen LogP contribution is 2.24. The maximum absolute atomic E-state index is 12.8. The third-order valence-corrected chi connectivity index (χ3v) is 3.50. The van der Waals surface area contributed by atoms with Crippen LogP contribution in [-0.4, -0.2) is 37.1 Å². The van der Waals surface area contributed by atoms with Crippen LogP contribution in [0.2, 0.25) is 0 Å². The average Bonchev–Trinajstić information content (AvgIpc) is 2.84. The van der Waals surface area contributed by atoms with Crippen LogP contribution < -0.4 is 5.32 Å². The molecular weight excluding hydrogens is 261 g/mol. The second-order valence-corrected chi connectivity index (χ2v) is 5.49. The van der Waals surface area contributed by atoms with Gasteiger partial charge < -0.3 is 10.2 Å². The van der Waals surface area contributed by atoms with E-state index in [-0.39, 0.29) is 5.82 Å². The van der Waals surface area contributed by atoms with E-state index >= 15 is 0 Å². The Bertz CT molecular complexity index is 508. The van der Waals surface area contributed by atoms with Crippen LogP contribution in [0.15, 0.2) is 29.6 Å². The van der Waals surface area contributed by atoms with Crippen LogP contribution >= 0.6 is 11.3 Å². The lowest BCUT2D eigenvalue weighted by molar-refractivity contribution is 0.405. The molecule has 0 amide bonds. The molecule has 0 aliphatic carbocycles. The molecule has 0 aliphatic rings. The van der Waals surface area contributed by atoms with E-state index in [9.17, 15) is 4.39 Å². The Balaban J connectivity index is 1.90. The lowest BCUT2D eigenvalue weighted by atomic mass is 10.2. The molecule has 3 nitrogen and oxygen atoms in total. The van der Waals surface area contributed by atoms with Crippen LogP contribution in [0.25, 0.3) is 11.3 Å². The monoisotopic (exact) mass is 279 g/mol. The van der Waals surface area contributed by atoms with Gasteiger partial charge in [-0.15, -0.1) is 11.3 Å². The Morgan fingerprint density at radius 1 is 1.26 bits per heavy atom. The molecule has 1 aromatic carbocycles. The van der Waals surface area contributed by atoms with Gasteiger partial charge in [-0.05, 0) is 51.3 Å². The van der Waals surface area contributed by atoms with E-state index in [2.05, 4.69) is 29.3 Å². The highest BCUT2D eigenvalue weighted by atomic mass is 32.1. The smallest absolute Gasteiger partial charge is 0.183 e. The van der Waals surface area contributed by atoms with Crippen LogP contribution in [-0.2, 0) is 0 Å². The van der Waals surface area contributed by atoms with E-state index in [1.807, 2.05) is 5.38 Å². The normalized spacial score (nSPS) is 10.9. The zero-order valence-electron chi connectivity index (χ0n) is 11.2. The molecule has 102 valence electrons. The zero-order valence-corrected chi connectivity index (χ0v) is 12.0. The Morgan fingerprint density at radius 3 is 2.68 bits per heavy atom. The highest BCUT2D eigenvalue weighted by molar-refractivity contribution is 7.14. The van der Waals surface area contributed by atoms with Crippen LogP contribution in [0.4, 0.5) is 9.52 Å². The van der Waals surface area contributed by atoms with Crippen molar-refractivity contribution in [2.45, 2.75) is 6.42 Å². The zero-order chi connectivity index (χ0) is 13.7. The van der Waals surface area contributed by atoms with Gasteiger partial charge in [0.15, 0.2) is 5.13 Å². The number of aromatic nitrogens is 1. The van der Waals surface area contributed by atoms with Crippen molar-refractivity contribution in [1.29, 1.82) is 0 Å². The van der Waals surface area contributed by atoms with Crippen molar-refractivity contribution in [3.8, 4) is 11.3 Å². The number of thiazole rings is 1. The summed E-state index contributed by atoms with van der Waals surface area (Å²) in [6.07, 6.45) is 1.08. The van der Waals surface area contributed by atoms with Crippen LogP contribution in [0, 0.1) is 5.82 Å². The molecule has 0 fully saturated rings. The predicted octanol–water partition coefficient (Wildman–Crippen LogP) is 3.31. The Hall–Kier alpha value is -1.46. The fourth-order valence-electron chi connectivity index (χ4n) is 1.70. The first-order valence-corrected chi connectivity index (χ1v) is 7.13. The molecule has 0 aliphatic heterocycles. The van der Waals surface area contributed by atoms with Crippen molar-refractivity contribution in [2.75, 3.05) is 32.5 Å². The Labute approximate surface area is 117 Å². The first kappa shape index (κ1) is 14.0. The van der Waals surface area contributed by atoms with Gasteiger partial charge in [0.2, 0.25) is 0 Å². The number of benzene rings is 1. The summed E-state index contributed by atoms with van der Waals surface area (Å²) in [5, 5.41) is 6.21. The summed E-state index contributed by atoms with van der Waals surface area (Å²) in [6.45, 7) is 1.97. The van der Waals surface area contributed by atoms with Gasteiger partial charge in [0, 0.05) is 17.5 Å². The molecule has 1 aromatic heterocycles. The van der Waals surface area contributed by atoms with Crippen molar-refractivity contribution < 1.29 is 4.39 Å². The Morgan fingerprint density at radius 2 is 2.00 bits per heavy atom. The van der Waals surface area contributed by atoms with Crippen molar-refractivity contribution in [3.05, 3.63) is 35.5 Å². The van der Waals surface area contributed by atoms with E-state index in [0.717, 1.165) is 35.9 Å². The molecule has 0 atom stereocenters. The number of nitrogens with one attached hydrogen (secondary N) is 1. The molecular formula is C14H18FN3S. The topological polar surface area (TPSA) is 28.2 Å². The maximum atomic E-state index is 12.8. The molecule has 0 unspecified atom stereocenters.